The lowest BCUT2D eigenvalue weighted by atomic mass is 10.1. The van der Waals surface area contributed by atoms with E-state index in [-0.39, 0.29) is 12.4 Å². The van der Waals surface area contributed by atoms with E-state index in [4.69, 9.17) is 5.73 Å². The van der Waals surface area contributed by atoms with Gasteiger partial charge in [0.1, 0.15) is 19.0 Å². The molecule has 1 aliphatic carbocycles. The Morgan fingerprint density at radius 2 is 1.86 bits per heavy atom. The maximum absolute atomic E-state index is 12.7. The molecule has 2 N–H and O–H groups in total. The summed E-state index contributed by atoms with van der Waals surface area (Å²) >= 11 is 0. The van der Waals surface area contributed by atoms with Gasteiger partial charge in [-0.25, -0.2) is 18.7 Å². The van der Waals surface area contributed by atoms with E-state index in [0.29, 0.717) is 5.82 Å². The van der Waals surface area contributed by atoms with Crippen molar-refractivity contribution in [2.75, 3.05) is 12.3 Å². The van der Waals surface area contributed by atoms with Crippen LogP contribution in [0.3, 0.4) is 0 Å². The van der Waals surface area contributed by atoms with Gasteiger partial charge in [-0.1, -0.05) is 6.42 Å². The minimum atomic E-state index is -4.17. The van der Waals surface area contributed by atoms with E-state index >= 15 is 0 Å². The van der Waals surface area contributed by atoms with Crippen molar-refractivity contribution < 1.29 is 22.3 Å². The van der Waals surface area contributed by atoms with Crippen LogP contribution in [-0.4, -0.2) is 28.9 Å². The topological polar surface area (TPSA) is 61.0 Å². The van der Waals surface area contributed by atoms with Crippen molar-refractivity contribution in [1.29, 1.82) is 0 Å². The second-order valence-electron chi connectivity index (χ2n) is 5.07. The van der Waals surface area contributed by atoms with Crippen molar-refractivity contribution in [1.82, 2.24) is 9.97 Å². The van der Waals surface area contributed by atoms with E-state index in [0.717, 1.165) is 43.4 Å². The van der Waals surface area contributed by atoms with E-state index < -0.39 is 19.0 Å². The number of hydrogen-bond acceptors (Lipinski definition) is 4. The average molecular weight is 307 g/mol. The van der Waals surface area contributed by atoms with Gasteiger partial charge in [-0.2, -0.15) is 8.78 Å². The normalized spacial score (nSPS) is 15.9. The lowest BCUT2D eigenvalue weighted by Crippen LogP contribution is -2.32. The number of halogens is 4. The van der Waals surface area contributed by atoms with Crippen molar-refractivity contribution in [2.45, 2.75) is 51.1 Å². The molecule has 4 nitrogen and oxygen atoms in total. The molecule has 1 aromatic rings. The second kappa shape index (κ2) is 6.55. The number of fused-ring (bicyclic) bond motifs is 1. The molecule has 21 heavy (non-hydrogen) atoms. The van der Waals surface area contributed by atoms with Crippen LogP contribution >= 0.6 is 0 Å². The quantitative estimate of drug-likeness (QED) is 0.671. The number of nitrogens with two attached hydrogens (primary N) is 1. The summed E-state index contributed by atoms with van der Waals surface area (Å²) in [6, 6.07) is 0. The van der Waals surface area contributed by atoms with Crippen molar-refractivity contribution in [3.63, 3.8) is 0 Å². The van der Waals surface area contributed by atoms with Gasteiger partial charge in [0.15, 0.2) is 5.82 Å². The molecule has 1 aliphatic rings. The molecule has 0 unspecified atom stereocenters. The SMILES string of the molecule is Nc1nc(COCC(F)(F)C(F)F)nc2c1CCCCC2. The summed E-state index contributed by atoms with van der Waals surface area (Å²) in [4.78, 5) is 8.25. The minimum Gasteiger partial charge on any atom is -0.383 e. The molecule has 8 heteroatoms. The van der Waals surface area contributed by atoms with E-state index in [9.17, 15) is 17.6 Å². The molecule has 1 heterocycles. The Bertz CT molecular complexity index is 497. The molecule has 2 rings (SSSR count). The monoisotopic (exact) mass is 307 g/mol. The number of ether oxygens (including phenoxy) is 1. The highest BCUT2D eigenvalue weighted by Crippen LogP contribution is 2.25. The summed E-state index contributed by atoms with van der Waals surface area (Å²) in [5.41, 5.74) is 7.54. The Morgan fingerprint density at radius 1 is 1.14 bits per heavy atom. The van der Waals surface area contributed by atoms with Gasteiger partial charge in [0.25, 0.3) is 0 Å². The molecular weight excluding hydrogens is 290 g/mol. The van der Waals surface area contributed by atoms with Crippen LogP contribution in [0.1, 0.15) is 36.3 Å². The summed E-state index contributed by atoms with van der Waals surface area (Å²) in [6.45, 7) is -1.73. The first-order chi connectivity index (χ1) is 9.90. The number of hydrogen-bond donors (Lipinski definition) is 1. The molecule has 0 radical (unpaired) electrons. The van der Waals surface area contributed by atoms with Crippen LogP contribution in [0.4, 0.5) is 23.4 Å². The molecule has 0 bridgehead atoms. The Morgan fingerprint density at radius 3 is 2.57 bits per heavy atom. The average Bonchev–Trinajstić information content (AvgIpc) is 2.64. The Kier molecular flexibility index (Phi) is 4.97. The summed E-state index contributed by atoms with van der Waals surface area (Å²) in [6.07, 6.45) is 0.857. The summed E-state index contributed by atoms with van der Waals surface area (Å²) in [7, 11) is 0. The standard InChI is InChI=1S/C13H17F4N3O/c14-12(15)13(16,17)7-21-6-10-19-9-5-3-1-2-4-8(9)11(18)20-10/h12H,1-7H2,(H2,18,19,20). The van der Waals surface area contributed by atoms with Gasteiger partial charge in [-0.15, -0.1) is 0 Å². The maximum atomic E-state index is 12.7. The molecule has 118 valence electrons. The molecule has 0 spiro atoms. The van der Waals surface area contributed by atoms with Crippen molar-refractivity contribution in [2.24, 2.45) is 0 Å². The molecule has 0 amide bonds. The van der Waals surface area contributed by atoms with E-state index in [1.807, 2.05) is 0 Å². The van der Waals surface area contributed by atoms with Gasteiger partial charge >= 0.3 is 12.3 Å². The first-order valence-corrected chi connectivity index (χ1v) is 6.78. The lowest BCUT2D eigenvalue weighted by Gasteiger charge is -2.15. The number of anilines is 1. The largest absolute Gasteiger partial charge is 0.383 e. The van der Waals surface area contributed by atoms with Crippen molar-refractivity contribution in [3.05, 3.63) is 17.1 Å². The highest BCUT2D eigenvalue weighted by Gasteiger charge is 2.41. The molecule has 1 aromatic heterocycles. The van der Waals surface area contributed by atoms with Crippen LogP contribution < -0.4 is 5.73 Å². The number of aromatic nitrogens is 2. The number of nitrogens with zero attached hydrogens (tertiary/aromatic N) is 2. The third kappa shape index (κ3) is 4.03. The Hall–Kier alpha value is -1.44. The summed E-state index contributed by atoms with van der Waals surface area (Å²) in [5, 5.41) is 0. The molecule has 0 saturated carbocycles. The maximum Gasteiger partial charge on any atom is 0.330 e. The molecule has 0 fully saturated rings. The number of rotatable bonds is 5. The van der Waals surface area contributed by atoms with E-state index in [1.165, 1.54) is 0 Å². The van der Waals surface area contributed by atoms with E-state index in [2.05, 4.69) is 14.7 Å². The molecule has 0 atom stereocenters. The third-order valence-corrected chi connectivity index (χ3v) is 3.36. The van der Waals surface area contributed by atoms with Crippen molar-refractivity contribution >= 4 is 5.82 Å². The third-order valence-electron chi connectivity index (χ3n) is 3.36. The fraction of sp³-hybridized carbons (Fsp3) is 0.692. The van der Waals surface area contributed by atoms with Gasteiger partial charge in [-0.3, -0.25) is 0 Å². The molecule has 0 aliphatic heterocycles. The first-order valence-electron chi connectivity index (χ1n) is 6.78. The van der Waals surface area contributed by atoms with Crippen LogP contribution in [0.15, 0.2) is 0 Å². The molecule has 0 aromatic carbocycles. The number of aryl methyl sites for hydroxylation is 1. The van der Waals surface area contributed by atoms with Crippen LogP contribution in [-0.2, 0) is 24.2 Å². The second-order valence-corrected chi connectivity index (χ2v) is 5.07. The number of alkyl halides is 4. The fourth-order valence-corrected chi connectivity index (χ4v) is 2.26. The predicted molar refractivity (Wildman–Crippen MR) is 68.3 cm³/mol. The molecular formula is C13H17F4N3O. The number of nitrogen functional groups attached to an aromatic ring is 1. The van der Waals surface area contributed by atoms with Crippen molar-refractivity contribution in [3.8, 4) is 0 Å². The Balaban J connectivity index is 2.01. The van der Waals surface area contributed by atoms with Gasteiger partial charge in [-0.05, 0) is 25.7 Å². The summed E-state index contributed by atoms with van der Waals surface area (Å²) < 4.78 is 54.0. The van der Waals surface area contributed by atoms with Crippen LogP contribution in [0, 0.1) is 0 Å². The smallest absolute Gasteiger partial charge is 0.330 e. The van der Waals surface area contributed by atoms with Gasteiger partial charge < -0.3 is 10.5 Å². The minimum absolute atomic E-state index is 0.151. The predicted octanol–water partition coefficient (Wildman–Crippen LogP) is 2.74. The zero-order chi connectivity index (χ0) is 15.5. The van der Waals surface area contributed by atoms with E-state index in [1.54, 1.807) is 0 Å². The zero-order valence-corrected chi connectivity index (χ0v) is 11.4. The van der Waals surface area contributed by atoms with Crippen LogP contribution in [0.5, 0.6) is 0 Å². The van der Waals surface area contributed by atoms with Gasteiger partial charge in [0.2, 0.25) is 0 Å². The van der Waals surface area contributed by atoms with Gasteiger partial charge in [0, 0.05) is 11.3 Å². The Labute approximate surface area is 119 Å². The zero-order valence-electron chi connectivity index (χ0n) is 11.4. The highest BCUT2D eigenvalue weighted by molar-refractivity contribution is 5.43. The summed E-state index contributed by atoms with van der Waals surface area (Å²) in [5.74, 6) is -3.70. The lowest BCUT2D eigenvalue weighted by molar-refractivity contribution is -0.168. The van der Waals surface area contributed by atoms with Crippen LogP contribution in [0.25, 0.3) is 0 Å². The highest BCUT2D eigenvalue weighted by atomic mass is 19.3. The van der Waals surface area contributed by atoms with Crippen LogP contribution in [0.2, 0.25) is 0 Å². The molecule has 0 saturated heterocycles. The van der Waals surface area contributed by atoms with Gasteiger partial charge in [0.05, 0.1) is 0 Å². The first kappa shape index (κ1) is 15.9. The fourth-order valence-electron chi connectivity index (χ4n) is 2.26.